The Morgan fingerprint density at radius 2 is 2.24 bits per heavy atom. The second kappa shape index (κ2) is 5.29. The fourth-order valence-electron chi connectivity index (χ4n) is 1.65. The maximum Gasteiger partial charge on any atom is 0.134 e. The molecule has 0 radical (unpaired) electrons. The number of rotatable bonds is 5. The Balaban J connectivity index is 1.95. The lowest BCUT2D eigenvalue weighted by Crippen LogP contribution is -2.17. The van der Waals surface area contributed by atoms with Gasteiger partial charge in [-0.15, -0.1) is 5.10 Å². The monoisotopic (exact) mass is 252 g/mol. The lowest BCUT2D eigenvalue weighted by atomic mass is 10.3. The third kappa shape index (κ3) is 3.04. The quantitative estimate of drug-likeness (QED) is 0.883. The summed E-state index contributed by atoms with van der Waals surface area (Å²) in [7, 11) is 3.92. The molecule has 0 aromatic carbocycles. The Morgan fingerprint density at radius 1 is 1.41 bits per heavy atom. The molecule has 0 saturated carbocycles. The number of anilines is 1. The van der Waals surface area contributed by atoms with Crippen LogP contribution in [-0.2, 0) is 13.1 Å². The van der Waals surface area contributed by atoms with Gasteiger partial charge in [0.2, 0.25) is 0 Å². The highest BCUT2D eigenvalue weighted by Crippen LogP contribution is 2.19. The molecule has 0 atom stereocenters. The first kappa shape index (κ1) is 12.1. The van der Waals surface area contributed by atoms with Gasteiger partial charge in [-0.1, -0.05) is 4.49 Å². The van der Waals surface area contributed by atoms with Crippen molar-refractivity contribution in [1.29, 1.82) is 0 Å². The number of furan rings is 1. The summed E-state index contributed by atoms with van der Waals surface area (Å²) in [4.78, 5) is 2.15. The van der Waals surface area contributed by atoms with Gasteiger partial charge < -0.3 is 9.73 Å². The van der Waals surface area contributed by atoms with Crippen molar-refractivity contribution in [2.45, 2.75) is 20.0 Å². The van der Waals surface area contributed by atoms with Gasteiger partial charge in [0.25, 0.3) is 0 Å². The summed E-state index contributed by atoms with van der Waals surface area (Å²) in [6.07, 6.45) is 0. The molecule has 0 unspecified atom stereocenters. The first-order valence-corrected chi connectivity index (χ1v) is 6.19. The molecule has 0 aliphatic heterocycles. The number of hydrogen-bond acceptors (Lipinski definition) is 6. The van der Waals surface area contributed by atoms with Crippen LogP contribution in [0.3, 0.4) is 0 Å². The van der Waals surface area contributed by atoms with Gasteiger partial charge in [-0.2, -0.15) is 0 Å². The van der Waals surface area contributed by atoms with Crippen LogP contribution in [0.15, 0.2) is 16.5 Å². The van der Waals surface area contributed by atoms with Crippen molar-refractivity contribution < 1.29 is 4.42 Å². The van der Waals surface area contributed by atoms with E-state index in [0.717, 1.165) is 35.3 Å². The van der Waals surface area contributed by atoms with Crippen molar-refractivity contribution in [2.24, 2.45) is 0 Å². The van der Waals surface area contributed by atoms with E-state index >= 15 is 0 Å². The Kier molecular flexibility index (Phi) is 3.75. The van der Waals surface area contributed by atoms with E-state index in [9.17, 15) is 0 Å². The van der Waals surface area contributed by atoms with Gasteiger partial charge in [0.1, 0.15) is 22.2 Å². The molecule has 2 aromatic heterocycles. The van der Waals surface area contributed by atoms with E-state index in [1.165, 1.54) is 11.5 Å². The van der Waals surface area contributed by atoms with E-state index in [1.54, 1.807) is 0 Å². The van der Waals surface area contributed by atoms with Crippen LogP contribution in [0, 0.1) is 6.92 Å². The summed E-state index contributed by atoms with van der Waals surface area (Å²) >= 11 is 1.38. The molecular weight excluding hydrogens is 236 g/mol. The Labute approximate surface area is 105 Å². The molecule has 0 aliphatic carbocycles. The van der Waals surface area contributed by atoms with E-state index in [4.69, 9.17) is 4.42 Å². The Morgan fingerprint density at radius 3 is 2.88 bits per heavy atom. The highest BCUT2D eigenvalue weighted by Gasteiger charge is 2.10. The fraction of sp³-hybridized carbons (Fsp3) is 0.455. The van der Waals surface area contributed by atoms with Crippen molar-refractivity contribution in [2.75, 3.05) is 19.4 Å². The summed E-state index contributed by atoms with van der Waals surface area (Å²) in [6, 6.07) is 3.98. The molecule has 0 saturated heterocycles. The van der Waals surface area contributed by atoms with Crippen LogP contribution in [0.5, 0.6) is 0 Å². The van der Waals surface area contributed by atoms with Crippen molar-refractivity contribution >= 4 is 16.5 Å². The van der Waals surface area contributed by atoms with Crippen LogP contribution in [0.4, 0.5) is 5.00 Å². The average Bonchev–Trinajstić information content (AvgIpc) is 2.87. The van der Waals surface area contributed by atoms with Crippen molar-refractivity contribution in [1.82, 2.24) is 14.5 Å². The van der Waals surface area contributed by atoms with Crippen molar-refractivity contribution in [3.05, 3.63) is 29.3 Å². The average molecular weight is 252 g/mol. The highest BCUT2D eigenvalue weighted by molar-refractivity contribution is 7.10. The number of aromatic nitrogens is 2. The van der Waals surface area contributed by atoms with Gasteiger partial charge in [0.05, 0.1) is 6.54 Å². The Bertz CT molecular complexity index is 479. The SMILES string of the molecule is CNc1snnc1CN(C)Cc1ccc(C)o1. The van der Waals surface area contributed by atoms with Crippen LogP contribution >= 0.6 is 11.5 Å². The highest BCUT2D eigenvalue weighted by atomic mass is 32.1. The van der Waals surface area contributed by atoms with E-state index in [-0.39, 0.29) is 0 Å². The predicted octanol–water partition coefficient (Wildman–Crippen LogP) is 2.11. The number of aryl methyl sites for hydroxylation is 1. The van der Waals surface area contributed by atoms with Gasteiger partial charge in [-0.05, 0) is 26.1 Å². The summed E-state index contributed by atoms with van der Waals surface area (Å²) in [5.74, 6) is 1.92. The molecule has 5 nitrogen and oxygen atoms in total. The zero-order chi connectivity index (χ0) is 12.3. The number of hydrogen-bond donors (Lipinski definition) is 1. The minimum absolute atomic E-state index is 0.756. The molecule has 2 aromatic rings. The van der Waals surface area contributed by atoms with Crippen LogP contribution < -0.4 is 5.32 Å². The second-order valence-electron chi connectivity index (χ2n) is 3.98. The molecule has 2 heterocycles. The third-order valence-electron chi connectivity index (χ3n) is 2.42. The third-order valence-corrected chi connectivity index (χ3v) is 3.21. The molecule has 0 aliphatic rings. The van der Waals surface area contributed by atoms with Crippen LogP contribution in [-0.4, -0.2) is 28.6 Å². The van der Waals surface area contributed by atoms with Crippen LogP contribution in [0.2, 0.25) is 0 Å². The van der Waals surface area contributed by atoms with Crippen molar-refractivity contribution in [3.8, 4) is 0 Å². The smallest absolute Gasteiger partial charge is 0.134 e. The lowest BCUT2D eigenvalue weighted by Gasteiger charge is -2.13. The maximum absolute atomic E-state index is 5.54. The summed E-state index contributed by atoms with van der Waals surface area (Å²) in [6.45, 7) is 3.48. The zero-order valence-electron chi connectivity index (χ0n) is 10.2. The molecule has 2 rings (SSSR count). The number of nitrogens with zero attached hydrogens (tertiary/aromatic N) is 3. The zero-order valence-corrected chi connectivity index (χ0v) is 11.0. The van der Waals surface area contributed by atoms with Gasteiger partial charge in [0.15, 0.2) is 0 Å². The van der Waals surface area contributed by atoms with E-state index < -0.39 is 0 Å². The number of nitrogens with one attached hydrogen (secondary N) is 1. The minimum atomic E-state index is 0.756. The molecule has 0 spiro atoms. The predicted molar refractivity (Wildman–Crippen MR) is 68.1 cm³/mol. The first-order chi connectivity index (χ1) is 8.19. The first-order valence-electron chi connectivity index (χ1n) is 5.42. The van der Waals surface area contributed by atoms with Crippen LogP contribution in [0.25, 0.3) is 0 Å². The standard InChI is InChI=1S/C11H16N4OS/c1-8-4-5-9(16-8)6-15(3)7-10-11(12-2)17-14-13-10/h4-5,12H,6-7H2,1-3H3. The van der Waals surface area contributed by atoms with Gasteiger partial charge in [0, 0.05) is 25.1 Å². The van der Waals surface area contributed by atoms with E-state index in [2.05, 4.69) is 19.8 Å². The topological polar surface area (TPSA) is 54.2 Å². The molecule has 0 bridgehead atoms. The van der Waals surface area contributed by atoms with E-state index in [0.29, 0.717) is 0 Å². The van der Waals surface area contributed by atoms with Crippen molar-refractivity contribution in [3.63, 3.8) is 0 Å². The largest absolute Gasteiger partial charge is 0.465 e. The normalized spacial score (nSPS) is 11.1. The maximum atomic E-state index is 5.54. The molecule has 0 fully saturated rings. The summed E-state index contributed by atoms with van der Waals surface area (Å²) in [5.41, 5.74) is 0.975. The molecule has 6 heteroatoms. The second-order valence-corrected chi connectivity index (χ2v) is 4.74. The van der Waals surface area contributed by atoms with E-state index in [1.807, 2.05) is 33.2 Å². The van der Waals surface area contributed by atoms with Gasteiger partial charge >= 0.3 is 0 Å². The van der Waals surface area contributed by atoms with Gasteiger partial charge in [-0.25, -0.2) is 0 Å². The minimum Gasteiger partial charge on any atom is -0.465 e. The van der Waals surface area contributed by atoms with Gasteiger partial charge in [-0.3, -0.25) is 4.90 Å². The summed E-state index contributed by atoms with van der Waals surface area (Å²) in [5, 5.41) is 8.22. The van der Waals surface area contributed by atoms with Crippen LogP contribution in [0.1, 0.15) is 17.2 Å². The summed E-state index contributed by atoms with van der Waals surface area (Å²) < 4.78 is 9.48. The Hall–Kier alpha value is -1.40. The fourth-order valence-corrected chi connectivity index (χ4v) is 2.17. The molecular formula is C11H16N4OS. The molecule has 92 valence electrons. The lowest BCUT2D eigenvalue weighted by molar-refractivity contribution is 0.282. The molecule has 0 amide bonds. The molecule has 1 N–H and O–H groups in total. The molecule has 17 heavy (non-hydrogen) atoms.